The van der Waals surface area contributed by atoms with Gasteiger partial charge in [0, 0.05) is 45.3 Å². The maximum atomic E-state index is 13.4. The Labute approximate surface area is 229 Å². The van der Waals surface area contributed by atoms with Crippen LogP contribution in [0.2, 0.25) is 0 Å². The van der Waals surface area contributed by atoms with Crippen LogP contribution in [-0.2, 0) is 26.0 Å². The van der Waals surface area contributed by atoms with Crippen molar-refractivity contribution in [2.45, 2.75) is 68.8 Å². The van der Waals surface area contributed by atoms with E-state index in [1.54, 1.807) is 13.2 Å². The fourth-order valence-corrected chi connectivity index (χ4v) is 8.19. The predicted octanol–water partition coefficient (Wildman–Crippen LogP) is 2.36. The van der Waals surface area contributed by atoms with Gasteiger partial charge in [0.05, 0.1) is 18.6 Å². The van der Waals surface area contributed by atoms with Crippen LogP contribution in [0.5, 0.6) is 5.75 Å². The number of methoxy groups -OCH3 is 1. The SMILES string of the molecule is COc1cc(C)c2c(c1)CCCN(CCOCC(=O)N(C)C1CCC(N3CCCN(C)CC3)CC1)S2(=O)=O. The second kappa shape index (κ2) is 13.1. The fraction of sp³-hybridized carbons (Fsp3) is 0.750. The number of hydrogen-bond donors (Lipinski definition) is 0. The molecule has 0 radical (unpaired) electrons. The lowest BCUT2D eigenvalue weighted by Gasteiger charge is -2.39. The Morgan fingerprint density at radius 2 is 1.82 bits per heavy atom. The quantitative estimate of drug-likeness (QED) is 0.460. The van der Waals surface area contributed by atoms with Gasteiger partial charge in [0.15, 0.2) is 0 Å². The van der Waals surface area contributed by atoms with Crippen molar-refractivity contribution in [1.82, 2.24) is 19.0 Å². The molecule has 1 aromatic rings. The number of ether oxygens (including phenoxy) is 2. The summed E-state index contributed by atoms with van der Waals surface area (Å²) in [6, 6.07) is 4.47. The van der Waals surface area contributed by atoms with Gasteiger partial charge in [-0.1, -0.05) is 0 Å². The zero-order valence-corrected chi connectivity index (χ0v) is 24.5. The molecule has 38 heavy (non-hydrogen) atoms. The molecule has 1 amide bonds. The van der Waals surface area contributed by atoms with Gasteiger partial charge in [0.25, 0.3) is 0 Å². The number of fused-ring (bicyclic) bond motifs is 1. The number of sulfonamides is 1. The summed E-state index contributed by atoms with van der Waals surface area (Å²) < 4.78 is 39.4. The van der Waals surface area contributed by atoms with Crippen LogP contribution in [0.15, 0.2) is 17.0 Å². The number of likely N-dealkylation sites (N-methyl/N-ethyl adjacent to an activating group) is 2. The van der Waals surface area contributed by atoms with Crippen LogP contribution in [0.25, 0.3) is 0 Å². The summed E-state index contributed by atoms with van der Waals surface area (Å²) in [7, 11) is 2.04. The van der Waals surface area contributed by atoms with Crippen molar-refractivity contribution in [1.29, 1.82) is 0 Å². The van der Waals surface area contributed by atoms with E-state index in [1.807, 2.05) is 24.9 Å². The number of carbonyl (C=O) groups is 1. The summed E-state index contributed by atoms with van der Waals surface area (Å²) in [5.74, 6) is 0.649. The molecular formula is C28H46N4O5S. The average molecular weight is 551 g/mol. The number of aryl methyl sites for hydroxylation is 2. The Kier molecular flexibility index (Phi) is 10.1. The molecule has 9 nitrogen and oxygen atoms in total. The fourth-order valence-electron chi connectivity index (χ4n) is 6.28. The first-order valence-corrected chi connectivity index (χ1v) is 15.6. The van der Waals surface area contributed by atoms with E-state index in [-0.39, 0.29) is 31.7 Å². The molecule has 3 aliphatic rings. The minimum atomic E-state index is -3.63. The third-order valence-corrected chi connectivity index (χ3v) is 10.7. The van der Waals surface area contributed by atoms with E-state index in [1.165, 1.54) is 23.8 Å². The van der Waals surface area contributed by atoms with Crippen molar-refractivity contribution in [3.8, 4) is 5.75 Å². The topological polar surface area (TPSA) is 82.6 Å². The molecule has 0 aromatic heterocycles. The zero-order valence-electron chi connectivity index (χ0n) is 23.7. The van der Waals surface area contributed by atoms with Gasteiger partial charge >= 0.3 is 0 Å². The monoisotopic (exact) mass is 550 g/mol. The van der Waals surface area contributed by atoms with E-state index >= 15 is 0 Å². The van der Waals surface area contributed by atoms with Gasteiger partial charge in [-0.15, -0.1) is 0 Å². The van der Waals surface area contributed by atoms with Crippen molar-refractivity contribution in [2.75, 3.05) is 73.7 Å². The van der Waals surface area contributed by atoms with Crippen LogP contribution in [-0.4, -0.2) is 119 Å². The van der Waals surface area contributed by atoms with Crippen LogP contribution in [0, 0.1) is 6.92 Å². The van der Waals surface area contributed by atoms with Gasteiger partial charge in [0.1, 0.15) is 12.4 Å². The highest BCUT2D eigenvalue weighted by atomic mass is 32.2. The van der Waals surface area contributed by atoms with Gasteiger partial charge < -0.3 is 19.3 Å². The number of hydrogen-bond acceptors (Lipinski definition) is 7. The molecule has 214 valence electrons. The van der Waals surface area contributed by atoms with Gasteiger partial charge in [0.2, 0.25) is 15.9 Å². The normalized spacial score (nSPS) is 25.3. The number of amides is 1. The molecule has 0 atom stereocenters. The molecule has 2 heterocycles. The molecule has 1 saturated heterocycles. The number of carbonyl (C=O) groups excluding carboxylic acids is 1. The molecular weight excluding hydrogens is 504 g/mol. The summed E-state index contributed by atoms with van der Waals surface area (Å²) in [5.41, 5.74) is 1.50. The van der Waals surface area contributed by atoms with Gasteiger partial charge in [-0.2, -0.15) is 4.31 Å². The molecule has 2 aliphatic heterocycles. The summed E-state index contributed by atoms with van der Waals surface area (Å²) in [6.07, 6.45) is 6.95. The molecule has 10 heteroatoms. The van der Waals surface area contributed by atoms with E-state index < -0.39 is 10.0 Å². The van der Waals surface area contributed by atoms with E-state index in [4.69, 9.17) is 9.47 Å². The molecule has 4 rings (SSSR count). The highest BCUT2D eigenvalue weighted by molar-refractivity contribution is 7.89. The minimum Gasteiger partial charge on any atom is -0.497 e. The predicted molar refractivity (Wildman–Crippen MR) is 148 cm³/mol. The van der Waals surface area contributed by atoms with Gasteiger partial charge in [-0.3, -0.25) is 9.69 Å². The Morgan fingerprint density at radius 3 is 2.55 bits per heavy atom. The van der Waals surface area contributed by atoms with Crippen LogP contribution < -0.4 is 4.74 Å². The Balaban J connectivity index is 1.23. The first-order chi connectivity index (χ1) is 18.2. The highest BCUT2D eigenvalue weighted by Gasteiger charge is 2.32. The first-order valence-electron chi connectivity index (χ1n) is 14.1. The molecule has 1 aliphatic carbocycles. The van der Waals surface area contributed by atoms with Crippen LogP contribution in [0.3, 0.4) is 0 Å². The summed E-state index contributed by atoms with van der Waals surface area (Å²) in [6.45, 7) is 7.29. The molecule has 0 unspecified atom stereocenters. The number of rotatable bonds is 8. The largest absolute Gasteiger partial charge is 0.497 e. The summed E-state index contributed by atoms with van der Waals surface area (Å²) in [4.78, 5) is 20.1. The third-order valence-electron chi connectivity index (χ3n) is 8.60. The molecule has 0 bridgehead atoms. The van der Waals surface area contributed by atoms with E-state index in [9.17, 15) is 13.2 Å². The van der Waals surface area contributed by atoms with Crippen LogP contribution in [0.1, 0.15) is 49.7 Å². The van der Waals surface area contributed by atoms with E-state index in [2.05, 4.69) is 16.8 Å². The van der Waals surface area contributed by atoms with Crippen molar-refractivity contribution in [2.24, 2.45) is 0 Å². The van der Waals surface area contributed by atoms with Crippen molar-refractivity contribution in [3.05, 3.63) is 23.3 Å². The molecule has 0 spiro atoms. The highest BCUT2D eigenvalue weighted by Crippen LogP contribution is 2.32. The summed E-state index contributed by atoms with van der Waals surface area (Å²) in [5, 5.41) is 0. The third kappa shape index (κ3) is 6.88. The Morgan fingerprint density at radius 1 is 1.05 bits per heavy atom. The number of nitrogens with zero attached hydrogens (tertiary/aromatic N) is 4. The number of benzene rings is 1. The lowest BCUT2D eigenvalue weighted by molar-refractivity contribution is -0.137. The average Bonchev–Trinajstić information content (AvgIpc) is 3.19. The molecule has 0 N–H and O–H groups in total. The molecule has 2 fully saturated rings. The maximum absolute atomic E-state index is 13.4. The first kappa shape index (κ1) is 29.3. The zero-order chi connectivity index (χ0) is 27.3. The van der Waals surface area contributed by atoms with Crippen molar-refractivity contribution < 1.29 is 22.7 Å². The van der Waals surface area contributed by atoms with Crippen molar-refractivity contribution in [3.63, 3.8) is 0 Å². The van der Waals surface area contributed by atoms with Crippen molar-refractivity contribution >= 4 is 15.9 Å². The van der Waals surface area contributed by atoms with E-state index in [0.717, 1.165) is 50.8 Å². The second-order valence-electron chi connectivity index (χ2n) is 11.2. The lowest BCUT2D eigenvalue weighted by atomic mass is 9.89. The second-order valence-corrected chi connectivity index (χ2v) is 13.0. The lowest BCUT2D eigenvalue weighted by Crippen LogP contribution is -2.46. The summed E-state index contributed by atoms with van der Waals surface area (Å²) >= 11 is 0. The van der Waals surface area contributed by atoms with Crippen LogP contribution >= 0.6 is 0 Å². The van der Waals surface area contributed by atoms with Gasteiger partial charge in [-0.25, -0.2) is 8.42 Å². The van der Waals surface area contributed by atoms with E-state index in [0.29, 0.717) is 35.2 Å². The Hall–Kier alpha value is -1.72. The maximum Gasteiger partial charge on any atom is 0.248 e. The molecule has 1 aromatic carbocycles. The Bertz CT molecular complexity index is 1060. The van der Waals surface area contributed by atoms with Crippen LogP contribution in [0.4, 0.5) is 0 Å². The molecule has 1 saturated carbocycles. The standard InChI is InChI=1S/C28H46N4O5S/c1-22-19-26(36-4)20-23-7-5-14-32(38(34,35)28(22)23)17-18-37-21-27(33)30(3)24-8-10-25(11-9-24)31-13-6-12-29(2)15-16-31/h19-20,24-25H,5-18,21H2,1-4H3. The minimum absolute atomic E-state index is 0.0183. The smallest absolute Gasteiger partial charge is 0.248 e. The van der Waals surface area contributed by atoms with Gasteiger partial charge in [-0.05, 0) is 95.3 Å².